The number of amides is 1. The second-order valence-corrected chi connectivity index (χ2v) is 5.89. The van der Waals surface area contributed by atoms with Gasteiger partial charge in [-0.2, -0.15) is 0 Å². The number of ether oxygens (including phenoxy) is 1. The molecule has 2 aliphatic heterocycles. The minimum Gasteiger partial charge on any atom is -0.375 e. The molecule has 3 atom stereocenters. The zero-order chi connectivity index (χ0) is 11.8. The van der Waals surface area contributed by atoms with Gasteiger partial charge in [-0.1, -0.05) is 6.92 Å². The van der Waals surface area contributed by atoms with E-state index in [2.05, 4.69) is 11.8 Å². The minimum atomic E-state index is 0.385. The predicted molar refractivity (Wildman–Crippen MR) is 65.6 cm³/mol. The largest absolute Gasteiger partial charge is 0.375 e. The SMILES string of the molecule is CCCN(C(=O)CC1CC2CCC1O2)C1CC1. The zero-order valence-electron chi connectivity index (χ0n) is 10.7. The lowest BCUT2D eigenvalue weighted by Gasteiger charge is -2.25. The van der Waals surface area contributed by atoms with Crippen molar-refractivity contribution in [3.05, 3.63) is 0 Å². The molecule has 0 aromatic carbocycles. The summed E-state index contributed by atoms with van der Waals surface area (Å²) in [5.74, 6) is 0.898. The molecule has 0 radical (unpaired) electrons. The fourth-order valence-electron chi connectivity index (χ4n) is 3.44. The van der Waals surface area contributed by atoms with E-state index in [1.165, 1.54) is 25.7 Å². The molecule has 96 valence electrons. The van der Waals surface area contributed by atoms with Crippen LogP contribution in [-0.4, -0.2) is 35.6 Å². The summed E-state index contributed by atoms with van der Waals surface area (Å²) in [4.78, 5) is 14.4. The third-order valence-corrected chi connectivity index (χ3v) is 4.44. The number of fused-ring (bicyclic) bond motifs is 2. The van der Waals surface area contributed by atoms with Gasteiger partial charge in [0.15, 0.2) is 0 Å². The topological polar surface area (TPSA) is 29.5 Å². The van der Waals surface area contributed by atoms with Gasteiger partial charge in [0.05, 0.1) is 12.2 Å². The van der Waals surface area contributed by atoms with Crippen molar-refractivity contribution in [1.82, 2.24) is 4.90 Å². The summed E-state index contributed by atoms with van der Waals surface area (Å²) in [5.41, 5.74) is 0. The molecule has 0 aromatic heterocycles. The number of rotatable bonds is 5. The highest BCUT2D eigenvalue weighted by atomic mass is 16.5. The average molecular weight is 237 g/mol. The van der Waals surface area contributed by atoms with Crippen LogP contribution in [0.25, 0.3) is 0 Å². The van der Waals surface area contributed by atoms with Crippen LogP contribution in [0.4, 0.5) is 0 Å². The van der Waals surface area contributed by atoms with Gasteiger partial charge in [-0.15, -0.1) is 0 Å². The summed E-state index contributed by atoms with van der Waals surface area (Å²) < 4.78 is 5.83. The maximum Gasteiger partial charge on any atom is 0.223 e. The number of carbonyl (C=O) groups excluding carboxylic acids is 1. The molecular formula is C14H23NO2. The number of hydrogen-bond acceptors (Lipinski definition) is 2. The Hall–Kier alpha value is -0.570. The fourth-order valence-corrected chi connectivity index (χ4v) is 3.44. The van der Waals surface area contributed by atoms with E-state index < -0.39 is 0 Å². The molecule has 1 saturated carbocycles. The van der Waals surface area contributed by atoms with Gasteiger partial charge >= 0.3 is 0 Å². The van der Waals surface area contributed by atoms with E-state index >= 15 is 0 Å². The highest BCUT2D eigenvalue weighted by molar-refractivity contribution is 5.77. The first-order chi connectivity index (χ1) is 8.28. The molecule has 3 nitrogen and oxygen atoms in total. The summed E-state index contributed by atoms with van der Waals surface area (Å²) in [5, 5.41) is 0. The normalized spacial score (nSPS) is 35.2. The van der Waals surface area contributed by atoms with Crippen LogP contribution in [0.2, 0.25) is 0 Å². The van der Waals surface area contributed by atoms with E-state index in [-0.39, 0.29) is 0 Å². The summed E-state index contributed by atoms with van der Waals surface area (Å²) in [6, 6.07) is 0.571. The second kappa shape index (κ2) is 4.60. The molecule has 3 heteroatoms. The maximum absolute atomic E-state index is 12.3. The quantitative estimate of drug-likeness (QED) is 0.734. The Kier molecular flexibility index (Phi) is 3.12. The van der Waals surface area contributed by atoms with Gasteiger partial charge in [0.1, 0.15) is 0 Å². The minimum absolute atomic E-state index is 0.385. The fraction of sp³-hybridized carbons (Fsp3) is 0.929. The highest BCUT2D eigenvalue weighted by Gasteiger charge is 2.42. The molecule has 2 saturated heterocycles. The molecule has 2 bridgehead atoms. The molecule has 0 spiro atoms. The standard InChI is InChI=1S/C14H23NO2/c1-2-7-15(11-3-4-11)14(16)9-10-8-12-5-6-13(10)17-12/h10-13H,2-9H2,1H3. The van der Waals surface area contributed by atoms with Gasteiger partial charge in [-0.25, -0.2) is 0 Å². The van der Waals surface area contributed by atoms with E-state index in [1.54, 1.807) is 0 Å². The summed E-state index contributed by atoms with van der Waals surface area (Å²) >= 11 is 0. The molecular weight excluding hydrogens is 214 g/mol. The van der Waals surface area contributed by atoms with E-state index in [0.29, 0.717) is 30.1 Å². The van der Waals surface area contributed by atoms with Crippen LogP contribution in [0, 0.1) is 5.92 Å². The number of carbonyl (C=O) groups is 1. The Morgan fingerprint density at radius 2 is 2.12 bits per heavy atom. The van der Waals surface area contributed by atoms with Crippen molar-refractivity contribution in [3.63, 3.8) is 0 Å². The van der Waals surface area contributed by atoms with Crippen molar-refractivity contribution < 1.29 is 9.53 Å². The third-order valence-electron chi connectivity index (χ3n) is 4.44. The van der Waals surface area contributed by atoms with Crippen molar-refractivity contribution in [3.8, 4) is 0 Å². The number of nitrogens with zero attached hydrogens (tertiary/aromatic N) is 1. The molecule has 1 amide bonds. The molecule has 0 N–H and O–H groups in total. The first-order valence-electron chi connectivity index (χ1n) is 7.23. The van der Waals surface area contributed by atoms with Crippen LogP contribution in [0.5, 0.6) is 0 Å². The zero-order valence-corrected chi connectivity index (χ0v) is 10.7. The maximum atomic E-state index is 12.3. The summed E-state index contributed by atoms with van der Waals surface area (Å²) in [7, 11) is 0. The van der Waals surface area contributed by atoms with Crippen LogP contribution >= 0.6 is 0 Å². The lowest BCUT2D eigenvalue weighted by Crippen LogP contribution is -2.36. The van der Waals surface area contributed by atoms with Gasteiger partial charge in [-0.05, 0) is 44.4 Å². The van der Waals surface area contributed by atoms with Crippen molar-refractivity contribution in [2.45, 2.75) is 70.1 Å². The number of hydrogen-bond donors (Lipinski definition) is 0. The van der Waals surface area contributed by atoms with Crippen molar-refractivity contribution in [2.75, 3.05) is 6.54 Å². The molecule has 0 aromatic rings. The van der Waals surface area contributed by atoms with Gasteiger partial charge in [-0.3, -0.25) is 4.79 Å². The summed E-state index contributed by atoms with van der Waals surface area (Å²) in [6.07, 6.45) is 8.65. The van der Waals surface area contributed by atoms with E-state index in [1.807, 2.05) is 0 Å². The Labute approximate surface area is 104 Å². The molecule has 3 rings (SSSR count). The highest BCUT2D eigenvalue weighted by Crippen LogP contribution is 2.41. The molecule has 1 aliphatic carbocycles. The second-order valence-electron chi connectivity index (χ2n) is 5.89. The summed E-state index contributed by atoms with van der Waals surface area (Å²) in [6.45, 7) is 3.11. The lowest BCUT2D eigenvalue weighted by atomic mass is 9.86. The van der Waals surface area contributed by atoms with Crippen LogP contribution in [0.3, 0.4) is 0 Å². The molecule has 3 aliphatic rings. The molecule has 3 unspecified atom stereocenters. The van der Waals surface area contributed by atoms with Crippen molar-refractivity contribution in [2.24, 2.45) is 5.92 Å². The monoisotopic (exact) mass is 237 g/mol. The molecule has 3 fully saturated rings. The Bertz CT molecular complexity index is 301. The Balaban J connectivity index is 1.54. The first-order valence-corrected chi connectivity index (χ1v) is 7.23. The lowest BCUT2D eigenvalue weighted by molar-refractivity contribution is -0.133. The van der Waals surface area contributed by atoms with E-state index in [0.717, 1.165) is 25.8 Å². The predicted octanol–water partition coefficient (Wildman–Crippen LogP) is 2.35. The molecule has 17 heavy (non-hydrogen) atoms. The van der Waals surface area contributed by atoms with Gasteiger partial charge in [0, 0.05) is 19.0 Å². The van der Waals surface area contributed by atoms with Gasteiger partial charge in [0.2, 0.25) is 5.91 Å². The molecule has 2 heterocycles. The van der Waals surface area contributed by atoms with Crippen LogP contribution in [0.1, 0.15) is 51.9 Å². The van der Waals surface area contributed by atoms with E-state index in [9.17, 15) is 4.79 Å². The van der Waals surface area contributed by atoms with Crippen LogP contribution in [-0.2, 0) is 9.53 Å². The van der Waals surface area contributed by atoms with Crippen LogP contribution in [0.15, 0.2) is 0 Å². The Morgan fingerprint density at radius 3 is 2.65 bits per heavy atom. The van der Waals surface area contributed by atoms with Gasteiger partial charge in [0.25, 0.3) is 0 Å². The smallest absolute Gasteiger partial charge is 0.223 e. The Morgan fingerprint density at radius 1 is 1.29 bits per heavy atom. The van der Waals surface area contributed by atoms with Crippen LogP contribution < -0.4 is 0 Å². The third kappa shape index (κ3) is 2.35. The van der Waals surface area contributed by atoms with Crippen molar-refractivity contribution in [1.29, 1.82) is 0 Å². The van der Waals surface area contributed by atoms with Crippen molar-refractivity contribution >= 4 is 5.91 Å². The first kappa shape index (κ1) is 11.5. The van der Waals surface area contributed by atoms with Gasteiger partial charge < -0.3 is 9.64 Å². The van der Waals surface area contributed by atoms with E-state index in [4.69, 9.17) is 4.74 Å². The average Bonchev–Trinajstić information content (AvgIpc) is 2.95.